The lowest BCUT2D eigenvalue weighted by Crippen LogP contribution is -2.18. The van der Waals surface area contributed by atoms with Crippen LogP contribution in [0.15, 0.2) is 18.2 Å². The summed E-state index contributed by atoms with van der Waals surface area (Å²) in [6, 6.07) is 6.37. The molecule has 20 heavy (non-hydrogen) atoms. The van der Waals surface area contributed by atoms with Gasteiger partial charge in [0.05, 0.1) is 36.0 Å². The van der Waals surface area contributed by atoms with Gasteiger partial charge in [0.25, 0.3) is 0 Å². The van der Waals surface area contributed by atoms with Crippen LogP contribution >= 0.6 is 0 Å². The van der Waals surface area contributed by atoms with Crippen molar-refractivity contribution in [1.29, 1.82) is 5.26 Å². The van der Waals surface area contributed by atoms with Gasteiger partial charge in [-0.3, -0.25) is 0 Å². The Hall–Kier alpha value is -1.59. The minimum Gasteiger partial charge on any atom is -0.496 e. The number of benzene rings is 1. The van der Waals surface area contributed by atoms with E-state index in [-0.39, 0.29) is 5.75 Å². The highest BCUT2D eigenvalue weighted by Crippen LogP contribution is 2.22. The number of nitriles is 1. The Bertz CT molecular complexity index is 730. The van der Waals surface area contributed by atoms with Crippen LogP contribution in [0.4, 0.5) is 0 Å². The van der Waals surface area contributed by atoms with E-state index in [1.165, 1.54) is 25.3 Å². The van der Waals surface area contributed by atoms with Crippen molar-refractivity contribution in [3.63, 3.8) is 0 Å². The predicted octanol–water partition coefficient (Wildman–Crippen LogP) is 0.526. The summed E-state index contributed by atoms with van der Waals surface area (Å²) >= 11 is 0. The molecule has 0 radical (unpaired) electrons. The topological polar surface area (TPSA) is 101 Å². The Morgan fingerprint density at radius 2 is 1.85 bits per heavy atom. The van der Waals surface area contributed by atoms with Gasteiger partial charge in [-0.2, -0.15) is 5.26 Å². The van der Waals surface area contributed by atoms with E-state index >= 15 is 0 Å². The van der Waals surface area contributed by atoms with E-state index in [0.29, 0.717) is 16.9 Å². The molecule has 1 aromatic carbocycles. The largest absolute Gasteiger partial charge is 0.496 e. The summed E-state index contributed by atoms with van der Waals surface area (Å²) in [5.41, 5.74) is 0.666. The van der Waals surface area contributed by atoms with Gasteiger partial charge >= 0.3 is 0 Å². The van der Waals surface area contributed by atoms with Crippen molar-refractivity contribution in [2.24, 2.45) is 0 Å². The van der Waals surface area contributed by atoms with Crippen LogP contribution in [0.3, 0.4) is 0 Å². The van der Waals surface area contributed by atoms with Crippen LogP contribution in [0.5, 0.6) is 5.75 Å². The monoisotopic (exact) mass is 317 g/mol. The van der Waals surface area contributed by atoms with E-state index in [1.54, 1.807) is 0 Å². The van der Waals surface area contributed by atoms with Gasteiger partial charge in [0.2, 0.25) is 0 Å². The molecule has 1 rings (SSSR count). The fraction of sp³-hybridized carbons (Fsp3) is 0.417. The fourth-order valence-corrected chi connectivity index (χ4v) is 4.62. The number of hydrogen-bond acceptors (Lipinski definition) is 6. The molecule has 0 aromatic heterocycles. The molecule has 0 heterocycles. The van der Waals surface area contributed by atoms with E-state index in [2.05, 4.69) is 0 Å². The van der Waals surface area contributed by atoms with Gasteiger partial charge < -0.3 is 4.74 Å². The first-order chi connectivity index (χ1) is 9.17. The molecule has 110 valence electrons. The molecule has 0 N–H and O–H groups in total. The molecule has 0 fully saturated rings. The van der Waals surface area contributed by atoms with Crippen LogP contribution in [0.1, 0.15) is 11.1 Å². The summed E-state index contributed by atoms with van der Waals surface area (Å²) in [6.45, 7) is 0. The highest BCUT2D eigenvalue weighted by Gasteiger charge is 2.18. The van der Waals surface area contributed by atoms with Crippen LogP contribution in [0.25, 0.3) is 0 Å². The summed E-state index contributed by atoms with van der Waals surface area (Å²) in [7, 11) is -5.54. The zero-order chi connectivity index (χ0) is 15.4. The first-order valence-corrected chi connectivity index (χ1v) is 9.50. The predicted molar refractivity (Wildman–Crippen MR) is 74.9 cm³/mol. The average molecular weight is 317 g/mol. The minimum absolute atomic E-state index is 0.319. The van der Waals surface area contributed by atoms with Crippen molar-refractivity contribution in [1.82, 2.24) is 0 Å². The van der Waals surface area contributed by atoms with E-state index in [4.69, 9.17) is 10.00 Å². The minimum atomic E-state index is -3.59. The van der Waals surface area contributed by atoms with Gasteiger partial charge in [-0.1, -0.05) is 0 Å². The van der Waals surface area contributed by atoms with E-state index in [9.17, 15) is 16.8 Å². The second kappa shape index (κ2) is 6.24. The lowest BCUT2D eigenvalue weighted by Gasteiger charge is -2.09. The summed E-state index contributed by atoms with van der Waals surface area (Å²) in [5.74, 6) is -0.880. The van der Waals surface area contributed by atoms with E-state index in [1.807, 2.05) is 6.07 Å². The van der Waals surface area contributed by atoms with Crippen molar-refractivity contribution in [2.75, 3.05) is 24.9 Å². The molecule has 0 amide bonds. The summed E-state index contributed by atoms with van der Waals surface area (Å²) in [5, 5.41) is 8.81. The molecule has 6 nitrogen and oxygen atoms in total. The molecule has 0 aliphatic carbocycles. The third kappa shape index (κ3) is 5.19. The van der Waals surface area contributed by atoms with Crippen LogP contribution in [0.2, 0.25) is 0 Å². The molecule has 0 atom stereocenters. The van der Waals surface area contributed by atoms with Crippen molar-refractivity contribution in [3.05, 3.63) is 29.3 Å². The Balaban J connectivity index is 3.00. The number of rotatable bonds is 6. The second-order valence-corrected chi connectivity index (χ2v) is 8.80. The Morgan fingerprint density at radius 3 is 2.35 bits per heavy atom. The zero-order valence-electron chi connectivity index (χ0n) is 11.2. The number of hydrogen-bond donors (Lipinski definition) is 0. The van der Waals surface area contributed by atoms with Crippen molar-refractivity contribution >= 4 is 19.7 Å². The molecule has 0 bridgehead atoms. The van der Waals surface area contributed by atoms with E-state index in [0.717, 1.165) is 6.26 Å². The third-order valence-electron chi connectivity index (χ3n) is 2.55. The van der Waals surface area contributed by atoms with Crippen molar-refractivity contribution < 1.29 is 21.6 Å². The SMILES string of the molecule is COc1ccc(C#N)cc1CS(=O)(=O)CCS(C)(=O)=O. The van der Waals surface area contributed by atoms with Crippen LogP contribution in [-0.2, 0) is 25.4 Å². The van der Waals surface area contributed by atoms with Gasteiger partial charge in [0.15, 0.2) is 9.84 Å². The number of methoxy groups -OCH3 is 1. The van der Waals surface area contributed by atoms with Crippen LogP contribution in [0, 0.1) is 11.3 Å². The molecule has 1 aromatic rings. The molecule has 0 aliphatic heterocycles. The average Bonchev–Trinajstić information content (AvgIpc) is 2.35. The van der Waals surface area contributed by atoms with Gasteiger partial charge in [-0.05, 0) is 18.2 Å². The Morgan fingerprint density at radius 1 is 1.20 bits per heavy atom. The van der Waals surface area contributed by atoms with Crippen molar-refractivity contribution in [2.45, 2.75) is 5.75 Å². The first kappa shape index (κ1) is 16.5. The van der Waals surface area contributed by atoms with Gasteiger partial charge in [0, 0.05) is 11.8 Å². The highest BCUT2D eigenvalue weighted by molar-refractivity contribution is 7.94. The lowest BCUT2D eigenvalue weighted by molar-refractivity contribution is 0.411. The molecule has 8 heteroatoms. The number of sulfone groups is 2. The highest BCUT2D eigenvalue weighted by atomic mass is 32.2. The Kier molecular flexibility index (Phi) is 5.14. The zero-order valence-corrected chi connectivity index (χ0v) is 12.8. The van der Waals surface area contributed by atoms with Crippen LogP contribution < -0.4 is 4.74 Å². The molecular formula is C12H15NO5S2. The maximum absolute atomic E-state index is 11.9. The summed E-state index contributed by atoms with van der Waals surface area (Å²) in [4.78, 5) is 0. The number of ether oxygens (including phenoxy) is 1. The van der Waals surface area contributed by atoms with Gasteiger partial charge in [0.1, 0.15) is 15.6 Å². The first-order valence-electron chi connectivity index (χ1n) is 5.62. The van der Waals surface area contributed by atoms with Gasteiger partial charge in [-0.25, -0.2) is 16.8 Å². The summed E-state index contributed by atoms with van der Waals surface area (Å²) < 4.78 is 50.9. The van der Waals surface area contributed by atoms with Gasteiger partial charge in [-0.15, -0.1) is 0 Å². The molecule has 0 saturated heterocycles. The molecule has 0 spiro atoms. The fourth-order valence-electron chi connectivity index (χ4n) is 1.55. The van der Waals surface area contributed by atoms with E-state index < -0.39 is 31.2 Å². The maximum Gasteiger partial charge on any atom is 0.155 e. The molecule has 0 unspecified atom stereocenters. The quantitative estimate of drug-likeness (QED) is 0.758. The number of nitrogens with zero attached hydrogens (tertiary/aromatic N) is 1. The second-order valence-electron chi connectivity index (χ2n) is 4.36. The van der Waals surface area contributed by atoms with Crippen LogP contribution in [-0.4, -0.2) is 41.7 Å². The molecule has 0 aliphatic rings. The maximum atomic E-state index is 11.9. The standard InChI is InChI=1S/C12H15NO5S2/c1-18-12-4-3-10(8-13)7-11(12)9-20(16,17)6-5-19(2,14)15/h3-4,7H,5-6,9H2,1-2H3. The smallest absolute Gasteiger partial charge is 0.155 e. The summed E-state index contributed by atoms with van der Waals surface area (Å²) in [6.07, 6.45) is 0.986. The lowest BCUT2D eigenvalue weighted by atomic mass is 10.1. The van der Waals surface area contributed by atoms with Crippen molar-refractivity contribution in [3.8, 4) is 11.8 Å². The molecular weight excluding hydrogens is 302 g/mol. The third-order valence-corrected chi connectivity index (χ3v) is 5.33. The molecule has 0 saturated carbocycles. The normalized spacial score (nSPS) is 11.8. The Labute approximate surface area is 118 Å².